The molecule has 8 heteroatoms. The van der Waals surface area contributed by atoms with Gasteiger partial charge in [0.15, 0.2) is 11.8 Å². The van der Waals surface area contributed by atoms with Crippen LogP contribution in [0.25, 0.3) is 0 Å². The number of piperidine rings is 1. The van der Waals surface area contributed by atoms with Gasteiger partial charge < -0.3 is 19.5 Å². The Kier molecular flexibility index (Phi) is 5.73. The van der Waals surface area contributed by atoms with E-state index in [2.05, 4.69) is 37.9 Å². The SMILES string of the molecule is Cc1nnc(CN=C(NCc2cccs2)N2CCC3OCCCC3C2)n1C. The number of fused-ring (bicyclic) bond motifs is 1. The average Bonchev–Trinajstić information content (AvgIpc) is 3.33. The lowest BCUT2D eigenvalue weighted by Crippen LogP contribution is -2.52. The molecule has 1 N–H and O–H groups in total. The van der Waals surface area contributed by atoms with E-state index in [-0.39, 0.29) is 0 Å². The summed E-state index contributed by atoms with van der Waals surface area (Å²) in [5.74, 6) is 3.37. The molecule has 2 atom stereocenters. The third kappa shape index (κ3) is 4.32. The molecule has 146 valence electrons. The Morgan fingerprint density at radius 2 is 2.33 bits per heavy atom. The van der Waals surface area contributed by atoms with Crippen LogP contribution >= 0.6 is 11.3 Å². The van der Waals surface area contributed by atoms with E-state index in [1.807, 2.05) is 18.5 Å². The van der Waals surface area contributed by atoms with Gasteiger partial charge in [0.1, 0.15) is 12.4 Å². The zero-order valence-corrected chi connectivity index (χ0v) is 16.9. The molecule has 2 aromatic rings. The number of nitrogens with zero attached hydrogens (tertiary/aromatic N) is 5. The highest BCUT2D eigenvalue weighted by Crippen LogP contribution is 2.28. The Balaban J connectivity index is 1.48. The molecule has 0 bridgehead atoms. The zero-order chi connectivity index (χ0) is 18.6. The molecule has 0 radical (unpaired) electrons. The Labute approximate surface area is 164 Å². The van der Waals surface area contributed by atoms with Crippen molar-refractivity contribution in [1.82, 2.24) is 25.0 Å². The quantitative estimate of drug-likeness (QED) is 0.643. The second-order valence-electron chi connectivity index (χ2n) is 7.34. The first kappa shape index (κ1) is 18.4. The molecule has 2 aromatic heterocycles. The van der Waals surface area contributed by atoms with Crippen LogP contribution in [0.2, 0.25) is 0 Å². The molecule has 2 unspecified atom stereocenters. The van der Waals surface area contributed by atoms with Crippen LogP contribution in [0.15, 0.2) is 22.5 Å². The van der Waals surface area contributed by atoms with Gasteiger partial charge in [-0.15, -0.1) is 21.5 Å². The van der Waals surface area contributed by atoms with Crippen LogP contribution in [0.3, 0.4) is 0 Å². The number of aliphatic imine (C=N–C) groups is 1. The van der Waals surface area contributed by atoms with Crippen LogP contribution in [0.5, 0.6) is 0 Å². The smallest absolute Gasteiger partial charge is 0.194 e. The number of aryl methyl sites for hydroxylation is 1. The van der Waals surface area contributed by atoms with Crippen molar-refractivity contribution >= 4 is 17.3 Å². The minimum Gasteiger partial charge on any atom is -0.378 e. The van der Waals surface area contributed by atoms with Gasteiger partial charge in [-0.2, -0.15) is 0 Å². The summed E-state index contributed by atoms with van der Waals surface area (Å²) in [6.07, 6.45) is 3.92. The Bertz CT molecular complexity index is 771. The fourth-order valence-corrected chi connectivity index (χ4v) is 4.51. The van der Waals surface area contributed by atoms with Gasteiger partial charge in [0, 0.05) is 37.5 Å². The van der Waals surface area contributed by atoms with Crippen molar-refractivity contribution in [2.75, 3.05) is 19.7 Å². The number of guanidine groups is 1. The van der Waals surface area contributed by atoms with Crippen molar-refractivity contribution in [1.29, 1.82) is 0 Å². The van der Waals surface area contributed by atoms with Crippen molar-refractivity contribution in [2.45, 2.75) is 45.4 Å². The average molecular weight is 389 g/mol. The zero-order valence-electron chi connectivity index (χ0n) is 16.1. The van der Waals surface area contributed by atoms with Gasteiger partial charge >= 0.3 is 0 Å². The molecule has 2 fully saturated rings. The van der Waals surface area contributed by atoms with E-state index >= 15 is 0 Å². The molecule has 0 amide bonds. The maximum absolute atomic E-state index is 5.97. The van der Waals surface area contributed by atoms with Crippen molar-refractivity contribution in [3.05, 3.63) is 34.0 Å². The fraction of sp³-hybridized carbons (Fsp3) is 0.632. The third-order valence-electron chi connectivity index (χ3n) is 5.57. The predicted octanol–water partition coefficient (Wildman–Crippen LogP) is 2.33. The van der Waals surface area contributed by atoms with Crippen molar-refractivity contribution in [2.24, 2.45) is 18.0 Å². The second-order valence-corrected chi connectivity index (χ2v) is 8.37. The summed E-state index contributed by atoms with van der Waals surface area (Å²) in [6, 6.07) is 4.24. The van der Waals surface area contributed by atoms with Gasteiger partial charge in [-0.3, -0.25) is 0 Å². The molecule has 2 saturated heterocycles. The Hall–Kier alpha value is -1.93. The van der Waals surface area contributed by atoms with Gasteiger partial charge in [0.05, 0.1) is 12.6 Å². The van der Waals surface area contributed by atoms with E-state index in [0.717, 1.165) is 50.3 Å². The molecule has 0 aliphatic carbocycles. The van der Waals surface area contributed by atoms with E-state index in [1.165, 1.54) is 17.7 Å². The molecular weight excluding hydrogens is 360 g/mol. The molecule has 2 aliphatic rings. The molecule has 0 aromatic carbocycles. The fourth-order valence-electron chi connectivity index (χ4n) is 3.86. The van der Waals surface area contributed by atoms with Crippen LogP contribution in [0.1, 0.15) is 35.8 Å². The molecule has 7 nitrogen and oxygen atoms in total. The summed E-state index contributed by atoms with van der Waals surface area (Å²) in [7, 11) is 1.99. The van der Waals surface area contributed by atoms with Crippen LogP contribution in [0.4, 0.5) is 0 Å². The topological polar surface area (TPSA) is 67.6 Å². The first-order chi connectivity index (χ1) is 13.2. The first-order valence-corrected chi connectivity index (χ1v) is 10.6. The van der Waals surface area contributed by atoms with E-state index in [0.29, 0.717) is 18.6 Å². The number of likely N-dealkylation sites (tertiary alicyclic amines) is 1. The number of hydrogen-bond donors (Lipinski definition) is 1. The Morgan fingerprint density at radius 1 is 1.41 bits per heavy atom. The maximum Gasteiger partial charge on any atom is 0.194 e. The number of nitrogens with one attached hydrogen (secondary N) is 1. The number of hydrogen-bond acceptors (Lipinski definition) is 5. The number of thiophene rings is 1. The van der Waals surface area contributed by atoms with Crippen LogP contribution in [0, 0.1) is 12.8 Å². The highest BCUT2D eigenvalue weighted by Gasteiger charge is 2.33. The highest BCUT2D eigenvalue weighted by atomic mass is 32.1. The van der Waals surface area contributed by atoms with E-state index in [4.69, 9.17) is 9.73 Å². The lowest BCUT2D eigenvalue weighted by molar-refractivity contribution is -0.0559. The van der Waals surface area contributed by atoms with Gasteiger partial charge in [-0.1, -0.05) is 6.07 Å². The van der Waals surface area contributed by atoms with Gasteiger partial charge in [0.25, 0.3) is 0 Å². The van der Waals surface area contributed by atoms with Crippen molar-refractivity contribution < 1.29 is 4.74 Å². The lowest BCUT2D eigenvalue weighted by Gasteiger charge is -2.42. The normalized spacial score (nSPS) is 23.3. The standard InChI is InChI=1S/C19H28N6OS/c1-14-22-23-18(24(14)2)12-21-19(20-11-16-6-4-10-27-16)25-8-7-17-15(13-25)5-3-9-26-17/h4,6,10,15,17H,3,5,7-9,11-13H2,1-2H3,(H,20,21). The Morgan fingerprint density at radius 3 is 3.11 bits per heavy atom. The van der Waals surface area contributed by atoms with E-state index in [9.17, 15) is 0 Å². The summed E-state index contributed by atoms with van der Waals surface area (Å²) in [5, 5.41) is 14.1. The van der Waals surface area contributed by atoms with Crippen LogP contribution in [-0.4, -0.2) is 51.4 Å². The van der Waals surface area contributed by atoms with Gasteiger partial charge in [-0.25, -0.2) is 4.99 Å². The summed E-state index contributed by atoms with van der Waals surface area (Å²) in [5.41, 5.74) is 0. The molecule has 27 heavy (non-hydrogen) atoms. The minimum absolute atomic E-state index is 0.426. The summed E-state index contributed by atoms with van der Waals surface area (Å²) in [6.45, 7) is 6.21. The summed E-state index contributed by atoms with van der Waals surface area (Å²) >= 11 is 1.77. The van der Waals surface area contributed by atoms with Crippen molar-refractivity contribution in [3.8, 4) is 0 Å². The van der Waals surface area contributed by atoms with Crippen molar-refractivity contribution in [3.63, 3.8) is 0 Å². The molecule has 0 saturated carbocycles. The number of ether oxygens (including phenoxy) is 1. The molecule has 2 aliphatic heterocycles. The van der Waals surface area contributed by atoms with Gasteiger partial charge in [0.2, 0.25) is 0 Å². The third-order valence-corrected chi connectivity index (χ3v) is 6.45. The summed E-state index contributed by atoms with van der Waals surface area (Å²) < 4.78 is 7.97. The van der Waals surface area contributed by atoms with Crippen LogP contribution < -0.4 is 5.32 Å². The monoisotopic (exact) mass is 388 g/mol. The van der Waals surface area contributed by atoms with E-state index in [1.54, 1.807) is 11.3 Å². The lowest BCUT2D eigenvalue weighted by atomic mass is 9.88. The largest absolute Gasteiger partial charge is 0.378 e. The summed E-state index contributed by atoms with van der Waals surface area (Å²) in [4.78, 5) is 8.61. The first-order valence-electron chi connectivity index (χ1n) is 9.73. The molecule has 0 spiro atoms. The van der Waals surface area contributed by atoms with E-state index < -0.39 is 0 Å². The highest BCUT2D eigenvalue weighted by molar-refractivity contribution is 7.09. The number of aromatic nitrogens is 3. The van der Waals surface area contributed by atoms with Gasteiger partial charge in [-0.05, 0) is 37.6 Å². The maximum atomic E-state index is 5.97. The molecular formula is C19H28N6OS. The van der Waals surface area contributed by atoms with Crippen LogP contribution in [-0.2, 0) is 24.9 Å². The molecule has 4 heterocycles. The molecule has 4 rings (SSSR count). The predicted molar refractivity (Wildman–Crippen MR) is 107 cm³/mol. The minimum atomic E-state index is 0.426. The second kappa shape index (κ2) is 8.39. The number of rotatable bonds is 4.